The van der Waals surface area contributed by atoms with Gasteiger partial charge >= 0.3 is 0 Å². The minimum atomic E-state index is 0.0831. The van der Waals surface area contributed by atoms with E-state index in [1.54, 1.807) is 23.1 Å². The number of hydrogen-bond acceptors (Lipinski definition) is 6. The highest BCUT2D eigenvalue weighted by Gasteiger charge is 2.07. The molecule has 0 atom stereocenters. The highest BCUT2D eigenvalue weighted by molar-refractivity contribution is 5.83. The van der Waals surface area contributed by atoms with E-state index in [0.717, 1.165) is 16.6 Å². The molecule has 0 spiro atoms. The van der Waals surface area contributed by atoms with Crippen LogP contribution < -0.4 is 11.1 Å². The molecule has 4 N–H and O–H groups in total. The van der Waals surface area contributed by atoms with Gasteiger partial charge in [-0.3, -0.25) is 0 Å². The third-order valence-corrected chi connectivity index (χ3v) is 2.89. The summed E-state index contributed by atoms with van der Waals surface area (Å²) in [5.74, 6) is 0.826. The number of nitrogens with zero attached hydrogens (tertiary/aromatic N) is 4. The van der Waals surface area contributed by atoms with Gasteiger partial charge < -0.3 is 16.2 Å². The van der Waals surface area contributed by atoms with Gasteiger partial charge in [-0.1, -0.05) is 0 Å². The maximum Gasteiger partial charge on any atom is 0.221 e. The molecule has 2 aromatic heterocycles. The molecule has 0 saturated heterocycles. The highest BCUT2D eigenvalue weighted by Crippen LogP contribution is 2.21. The number of aromatic nitrogens is 4. The van der Waals surface area contributed by atoms with Crippen LogP contribution in [0, 0.1) is 0 Å². The Balaban J connectivity index is 2.07. The first-order chi connectivity index (χ1) is 9.78. The van der Waals surface area contributed by atoms with Crippen LogP contribution in [0.2, 0.25) is 0 Å². The summed E-state index contributed by atoms with van der Waals surface area (Å²) in [6, 6.07) is 7.61. The van der Waals surface area contributed by atoms with Gasteiger partial charge in [0.2, 0.25) is 5.95 Å². The number of nitrogen functional groups attached to an aromatic ring is 1. The predicted octanol–water partition coefficient (Wildman–Crippen LogP) is 0.802. The van der Waals surface area contributed by atoms with Gasteiger partial charge in [0.05, 0.1) is 18.3 Å². The summed E-state index contributed by atoms with van der Waals surface area (Å²) in [6.07, 6.45) is 3.36. The monoisotopic (exact) mass is 270 g/mol. The van der Waals surface area contributed by atoms with Crippen LogP contribution in [0.15, 0.2) is 36.7 Å². The zero-order chi connectivity index (χ0) is 13.9. The summed E-state index contributed by atoms with van der Waals surface area (Å²) in [4.78, 5) is 8.04. The summed E-state index contributed by atoms with van der Waals surface area (Å²) in [5.41, 5.74) is 7.42. The molecule has 20 heavy (non-hydrogen) atoms. The molecular weight excluding hydrogens is 256 g/mol. The Hall–Kier alpha value is -2.67. The van der Waals surface area contributed by atoms with Gasteiger partial charge in [-0.2, -0.15) is 10.1 Å². The molecule has 0 saturated carbocycles. The lowest BCUT2D eigenvalue weighted by atomic mass is 10.2. The molecule has 0 aliphatic heterocycles. The lowest BCUT2D eigenvalue weighted by Gasteiger charge is -2.06. The second-order valence-corrected chi connectivity index (χ2v) is 4.25. The molecule has 0 amide bonds. The molecular formula is C13H14N6O. The Morgan fingerprint density at radius 3 is 3.00 bits per heavy atom. The number of anilines is 2. The number of fused-ring (bicyclic) bond motifs is 1. The Morgan fingerprint density at radius 2 is 2.20 bits per heavy atom. The van der Waals surface area contributed by atoms with E-state index in [1.165, 1.54) is 0 Å². The average Bonchev–Trinajstić information content (AvgIpc) is 2.88. The summed E-state index contributed by atoms with van der Waals surface area (Å²) < 4.78 is 1.71. The lowest BCUT2D eigenvalue weighted by Crippen LogP contribution is -2.06. The molecule has 1 aromatic carbocycles. The summed E-state index contributed by atoms with van der Waals surface area (Å²) >= 11 is 0. The fourth-order valence-electron chi connectivity index (χ4n) is 1.99. The normalized spacial score (nSPS) is 10.8. The predicted molar refractivity (Wildman–Crippen MR) is 76.6 cm³/mol. The Morgan fingerprint density at radius 1 is 1.30 bits per heavy atom. The molecule has 3 aromatic rings. The topological polar surface area (TPSA) is 102 Å². The molecule has 7 nitrogen and oxygen atoms in total. The molecule has 0 aliphatic rings. The third kappa shape index (κ3) is 2.26. The van der Waals surface area contributed by atoms with Gasteiger partial charge in [0.25, 0.3) is 0 Å². The Labute approximate surface area is 115 Å². The van der Waals surface area contributed by atoms with Gasteiger partial charge in [-0.05, 0) is 18.2 Å². The zero-order valence-corrected chi connectivity index (χ0v) is 10.7. The number of aliphatic hydroxyl groups is 1. The van der Waals surface area contributed by atoms with Crippen molar-refractivity contribution >= 4 is 22.5 Å². The first kappa shape index (κ1) is 12.4. The highest BCUT2D eigenvalue weighted by atomic mass is 16.3. The number of nitrogens with one attached hydrogen (secondary N) is 1. The van der Waals surface area contributed by atoms with Crippen molar-refractivity contribution < 1.29 is 5.11 Å². The van der Waals surface area contributed by atoms with E-state index in [0.29, 0.717) is 12.4 Å². The molecule has 0 aliphatic carbocycles. The van der Waals surface area contributed by atoms with Crippen LogP contribution in [-0.2, 0) is 0 Å². The van der Waals surface area contributed by atoms with Crippen molar-refractivity contribution in [2.45, 2.75) is 0 Å². The molecule has 7 heteroatoms. The first-order valence-electron chi connectivity index (χ1n) is 6.19. The fraction of sp³-hybridized carbons (Fsp3) is 0.154. The third-order valence-electron chi connectivity index (χ3n) is 2.89. The standard InChI is InChI=1S/C13H14N6O/c14-13-16-4-3-12(18-13)19-11-7-10(15-5-6-20)2-1-9(11)8-17-19/h1-4,7-8,15,20H,5-6H2,(H2,14,16,18). The number of nitrogens with two attached hydrogens (primary N) is 1. The number of hydrogen-bond donors (Lipinski definition) is 3. The van der Waals surface area contributed by atoms with E-state index in [9.17, 15) is 0 Å². The second kappa shape index (κ2) is 5.14. The summed E-state index contributed by atoms with van der Waals surface area (Å²) in [5, 5.41) is 17.3. The van der Waals surface area contributed by atoms with Crippen molar-refractivity contribution in [3.05, 3.63) is 36.7 Å². The Bertz CT molecular complexity index is 739. The maximum absolute atomic E-state index is 8.85. The minimum Gasteiger partial charge on any atom is -0.395 e. The van der Waals surface area contributed by atoms with Crippen LogP contribution in [-0.4, -0.2) is 38.0 Å². The van der Waals surface area contributed by atoms with E-state index in [2.05, 4.69) is 20.4 Å². The van der Waals surface area contributed by atoms with Crippen molar-refractivity contribution in [3.63, 3.8) is 0 Å². The second-order valence-electron chi connectivity index (χ2n) is 4.25. The molecule has 2 heterocycles. The molecule has 0 fully saturated rings. The lowest BCUT2D eigenvalue weighted by molar-refractivity contribution is 0.311. The van der Waals surface area contributed by atoms with Gasteiger partial charge in [0, 0.05) is 29.9 Å². The number of aliphatic hydroxyl groups excluding tert-OH is 1. The van der Waals surface area contributed by atoms with Crippen LogP contribution in [0.1, 0.15) is 0 Å². The summed E-state index contributed by atoms with van der Waals surface area (Å²) in [7, 11) is 0. The van der Waals surface area contributed by atoms with Crippen molar-refractivity contribution in [1.29, 1.82) is 0 Å². The van der Waals surface area contributed by atoms with Crippen LogP contribution >= 0.6 is 0 Å². The summed E-state index contributed by atoms with van der Waals surface area (Å²) in [6.45, 7) is 0.583. The van der Waals surface area contributed by atoms with Crippen LogP contribution in [0.3, 0.4) is 0 Å². The van der Waals surface area contributed by atoms with E-state index in [-0.39, 0.29) is 12.6 Å². The quantitative estimate of drug-likeness (QED) is 0.648. The Kier molecular flexibility index (Phi) is 3.18. The molecule has 3 rings (SSSR count). The average molecular weight is 270 g/mol. The minimum absolute atomic E-state index is 0.0831. The number of rotatable bonds is 4. The van der Waals surface area contributed by atoms with Gasteiger partial charge in [0.15, 0.2) is 5.82 Å². The fourth-order valence-corrected chi connectivity index (χ4v) is 1.99. The van der Waals surface area contributed by atoms with Gasteiger partial charge in [0.1, 0.15) is 0 Å². The molecule has 0 radical (unpaired) electrons. The van der Waals surface area contributed by atoms with Crippen molar-refractivity contribution in [2.75, 3.05) is 24.2 Å². The van der Waals surface area contributed by atoms with E-state index in [1.807, 2.05) is 18.2 Å². The molecule has 0 bridgehead atoms. The van der Waals surface area contributed by atoms with E-state index >= 15 is 0 Å². The van der Waals surface area contributed by atoms with Gasteiger partial charge in [-0.25, -0.2) is 9.67 Å². The van der Waals surface area contributed by atoms with Crippen LogP contribution in [0.5, 0.6) is 0 Å². The van der Waals surface area contributed by atoms with Crippen molar-refractivity contribution in [3.8, 4) is 5.82 Å². The number of benzene rings is 1. The van der Waals surface area contributed by atoms with Crippen molar-refractivity contribution in [2.24, 2.45) is 0 Å². The zero-order valence-electron chi connectivity index (χ0n) is 10.7. The smallest absolute Gasteiger partial charge is 0.221 e. The SMILES string of the molecule is Nc1nccc(-n2ncc3ccc(NCCO)cc32)n1. The van der Waals surface area contributed by atoms with E-state index in [4.69, 9.17) is 10.8 Å². The van der Waals surface area contributed by atoms with E-state index < -0.39 is 0 Å². The van der Waals surface area contributed by atoms with Gasteiger partial charge in [-0.15, -0.1) is 0 Å². The molecule has 102 valence electrons. The molecule has 0 unspecified atom stereocenters. The maximum atomic E-state index is 8.85. The largest absolute Gasteiger partial charge is 0.395 e. The van der Waals surface area contributed by atoms with Crippen LogP contribution in [0.25, 0.3) is 16.7 Å². The van der Waals surface area contributed by atoms with Crippen LogP contribution in [0.4, 0.5) is 11.6 Å². The first-order valence-corrected chi connectivity index (χ1v) is 6.19. The van der Waals surface area contributed by atoms with Crippen molar-refractivity contribution in [1.82, 2.24) is 19.7 Å².